The number of aromatic hydroxyl groups is 1. The number of phenolic OH excluding ortho intramolecular Hbond substituents is 1. The van der Waals surface area contributed by atoms with Gasteiger partial charge in [0.05, 0.1) is 12.6 Å². The van der Waals surface area contributed by atoms with Crippen LogP contribution in [0, 0.1) is 0 Å². The van der Waals surface area contributed by atoms with E-state index >= 15 is 0 Å². The van der Waals surface area contributed by atoms with E-state index in [9.17, 15) is 15.1 Å². The summed E-state index contributed by atoms with van der Waals surface area (Å²) in [6.07, 6.45) is 0. The topological polar surface area (TPSA) is 71.7 Å². The van der Waals surface area contributed by atoms with E-state index in [4.69, 9.17) is 4.74 Å². The molecule has 5 nitrogen and oxygen atoms in total. The maximum Gasteiger partial charge on any atom is 0.301 e. The Morgan fingerprint density at radius 3 is 2.79 bits per heavy atom. The van der Waals surface area contributed by atoms with Crippen LogP contribution in [0.1, 0.15) is 0 Å². The summed E-state index contributed by atoms with van der Waals surface area (Å²) in [5.74, 6) is 0.421. The first kappa shape index (κ1) is 14.6. The van der Waals surface area contributed by atoms with Crippen LogP contribution in [0.25, 0.3) is 32.1 Å². The lowest BCUT2D eigenvalue weighted by molar-refractivity contribution is 0.190. The van der Waals surface area contributed by atoms with Gasteiger partial charge in [-0.2, -0.15) is 0 Å². The quantitative estimate of drug-likeness (QED) is 0.544. The van der Waals surface area contributed by atoms with Crippen molar-refractivity contribution in [3.8, 4) is 22.6 Å². The minimum Gasteiger partial charge on any atom is -0.504 e. The molecule has 2 N–H and O–H groups in total. The van der Waals surface area contributed by atoms with Gasteiger partial charge in [0, 0.05) is 10.8 Å². The van der Waals surface area contributed by atoms with Gasteiger partial charge in [-0.1, -0.05) is 18.2 Å². The van der Waals surface area contributed by atoms with Gasteiger partial charge in [0.1, 0.15) is 4.70 Å². The zero-order valence-electron chi connectivity index (χ0n) is 12.7. The van der Waals surface area contributed by atoms with Crippen molar-refractivity contribution >= 4 is 32.3 Å². The first-order valence-electron chi connectivity index (χ1n) is 7.23. The summed E-state index contributed by atoms with van der Waals surface area (Å²) < 4.78 is 6.37. The number of hydrogen-bond donors (Lipinski definition) is 2. The third kappa shape index (κ3) is 1.97. The average Bonchev–Trinajstić information content (AvgIpc) is 3.09. The van der Waals surface area contributed by atoms with Gasteiger partial charge >= 0.3 is 5.56 Å². The number of pyridine rings is 1. The van der Waals surface area contributed by atoms with E-state index in [0.717, 1.165) is 21.9 Å². The molecule has 24 heavy (non-hydrogen) atoms. The number of thiophene rings is 1. The van der Waals surface area contributed by atoms with Gasteiger partial charge < -0.3 is 15.1 Å². The van der Waals surface area contributed by atoms with E-state index < -0.39 is 5.56 Å². The second-order valence-electron chi connectivity index (χ2n) is 5.37. The van der Waals surface area contributed by atoms with Gasteiger partial charge in [-0.15, -0.1) is 16.1 Å². The van der Waals surface area contributed by atoms with E-state index in [1.54, 1.807) is 30.3 Å². The van der Waals surface area contributed by atoms with Crippen LogP contribution in [0.4, 0.5) is 0 Å². The van der Waals surface area contributed by atoms with Crippen molar-refractivity contribution in [1.82, 2.24) is 4.73 Å². The van der Waals surface area contributed by atoms with E-state index in [1.165, 1.54) is 18.4 Å². The highest BCUT2D eigenvalue weighted by Gasteiger charge is 2.16. The molecule has 4 aromatic rings. The fourth-order valence-electron chi connectivity index (χ4n) is 2.96. The molecule has 0 saturated heterocycles. The Labute approximate surface area is 140 Å². The van der Waals surface area contributed by atoms with Crippen LogP contribution in [0.3, 0.4) is 0 Å². The molecule has 0 aliphatic carbocycles. The molecule has 0 bridgehead atoms. The number of hydrogen-bond acceptors (Lipinski definition) is 5. The zero-order chi connectivity index (χ0) is 16.8. The summed E-state index contributed by atoms with van der Waals surface area (Å²) >= 11 is 1.30. The number of aromatic nitrogens is 1. The second kappa shape index (κ2) is 5.28. The molecule has 2 aromatic heterocycles. The van der Waals surface area contributed by atoms with Gasteiger partial charge in [-0.05, 0) is 40.8 Å². The first-order chi connectivity index (χ1) is 11.6. The second-order valence-corrected chi connectivity index (χ2v) is 6.28. The van der Waals surface area contributed by atoms with Crippen molar-refractivity contribution in [3.05, 3.63) is 58.2 Å². The number of ether oxygens (including phenoxy) is 1. The lowest BCUT2D eigenvalue weighted by Gasteiger charge is -2.12. The smallest absolute Gasteiger partial charge is 0.301 e. The van der Waals surface area contributed by atoms with Crippen molar-refractivity contribution in [1.29, 1.82) is 0 Å². The molecule has 2 aromatic carbocycles. The van der Waals surface area contributed by atoms with E-state index in [1.807, 2.05) is 17.5 Å². The minimum absolute atomic E-state index is 0.0567. The summed E-state index contributed by atoms with van der Waals surface area (Å²) in [7, 11) is 1.49. The molecular formula is C18H13NO4S. The Kier molecular flexibility index (Phi) is 3.21. The molecule has 0 fully saturated rings. The van der Waals surface area contributed by atoms with E-state index in [0.29, 0.717) is 20.7 Å². The molecule has 120 valence electrons. The molecule has 0 spiro atoms. The van der Waals surface area contributed by atoms with Crippen molar-refractivity contribution < 1.29 is 15.1 Å². The Morgan fingerprint density at radius 1 is 1.17 bits per heavy atom. The van der Waals surface area contributed by atoms with E-state index in [-0.39, 0.29) is 5.75 Å². The van der Waals surface area contributed by atoms with Crippen LogP contribution < -0.4 is 10.3 Å². The normalized spacial score (nSPS) is 11.2. The number of nitrogens with zero attached hydrogens (tertiary/aromatic N) is 1. The predicted molar refractivity (Wildman–Crippen MR) is 94.4 cm³/mol. The molecule has 0 saturated carbocycles. The van der Waals surface area contributed by atoms with Crippen LogP contribution in [0.5, 0.6) is 11.5 Å². The number of benzene rings is 2. The standard InChI is InChI=1S/C18H13NO4S/c1-23-15-9-10(5-6-14(15)20)11-3-2-4-13-16(11)12-7-8-24-17(12)18(21)19(13)22/h2-9,20,22H,1H3. The minimum atomic E-state index is -0.423. The maximum atomic E-state index is 12.3. The Hall–Kier alpha value is -2.99. The van der Waals surface area contributed by atoms with Crippen LogP contribution >= 0.6 is 11.3 Å². The molecule has 6 heteroatoms. The maximum absolute atomic E-state index is 12.3. The Balaban J connectivity index is 2.16. The molecule has 0 atom stereocenters. The molecule has 0 radical (unpaired) electrons. The van der Waals surface area contributed by atoms with Crippen LogP contribution in [-0.2, 0) is 0 Å². The highest BCUT2D eigenvalue weighted by Crippen LogP contribution is 2.37. The molecule has 0 aliphatic heterocycles. The van der Waals surface area contributed by atoms with Gasteiger partial charge in [-0.3, -0.25) is 4.79 Å². The fraction of sp³-hybridized carbons (Fsp3) is 0.0556. The summed E-state index contributed by atoms with van der Waals surface area (Å²) in [6.45, 7) is 0. The number of rotatable bonds is 2. The third-order valence-electron chi connectivity index (χ3n) is 4.08. The molecule has 0 unspecified atom stereocenters. The number of fused-ring (bicyclic) bond motifs is 3. The van der Waals surface area contributed by atoms with E-state index in [2.05, 4.69) is 0 Å². The summed E-state index contributed by atoms with van der Waals surface area (Å²) in [5, 5.41) is 23.5. The highest BCUT2D eigenvalue weighted by atomic mass is 32.1. The molecule has 0 aliphatic rings. The third-order valence-corrected chi connectivity index (χ3v) is 4.98. The molecule has 2 heterocycles. The van der Waals surface area contributed by atoms with Crippen LogP contribution in [0.2, 0.25) is 0 Å². The average molecular weight is 339 g/mol. The van der Waals surface area contributed by atoms with Crippen molar-refractivity contribution in [2.24, 2.45) is 0 Å². The van der Waals surface area contributed by atoms with Crippen LogP contribution in [-0.4, -0.2) is 22.2 Å². The predicted octanol–water partition coefficient (Wildman–Crippen LogP) is 3.83. The highest BCUT2D eigenvalue weighted by molar-refractivity contribution is 7.17. The lowest BCUT2D eigenvalue weighted by atomic mass is 9.98. The van der Waals surface area contributed by atoms with Gasteiger partial charge in [0.2, 0.25) is 0 Å². The fourth-order valence-corrected chi connectivity index (χ4v) is 3.79. The largest absolute Gasteiger partial charge is 0.504 e. The van der Waals surface area contributed by atoms with Gasteiger partial charge in [-0.25, -0.2) is 0 Å². The Morgan fingerprint density at radius 2 is 2.00 bits per heavy atom. The Bertz CT molecular complexity index is 1140. The van der Waals surface area contributed by atoms with Crippen molar-refractivity contribution in [2.45, 2.75) is 0 Å². The zero-order valence-corrected chi connectivity index (χ0v) is 13.5. The molecule has 0 amide bonds. The summed E-state index contributed by atoms with van der Waals surface area (Å²) in [6, 6.07) is 12.3. The van der Waals surface area contributed by atoms with Gasteiger partial charge in [0.25, 0.3) is 0 Å². The SMILES string of the molecule is COc1cc(-c2cccc3c2c2ccsc2c(=O)n3O)ccc1O. The monoisotopic (exact) mass is 339 g/mol. The molecular weight excluding hydrogens is 326 g/mol. The summed E-state index contributed by atoms with van der Waals surface area (Å²) in [4.78, 5) is 12.3. The van der Waals surface area contributed by atoms with Crippen LogP contribution in [0.15, 0.2) is 52.6 Å². The lowest BCUT2D eigenvalue weighted by Crippen LogP contribution is -2.17. The summed E-state index contributed by atoms with van der Waals surface area (Å²) in [5.41, 5.74) is 1.68. The number of methoxy groups -OCH3 is 1. The molecule has 4 rings (SSSR count). The first-order valence-corrected chi connectivity index (χ1v) is 8.11. The van der Waals surface area contributed by atoms with Gasteiger partial charge in [0.15, 0.2) is 11.5 Å². The van der Waals surface area contributed by atoms with Crippen molar-refractivity contribution in [2.75, 3.05) is 7.11 Å². The van der Waals surface area contributed by atoms with Crippen molar-refractivity contribution in [3.63, 3.8) is 0 Å². The number of phenols is 1.